The number of hydrogen-bond acceptors (Lipinski definition) is 2. The van der Waals surface area contributed by atoms with Crippen LogP contribution in [0.3, 0.4) is 0 Å². The smallest absolute Gasteiger partial charge is 0.122 e. The number of methoxy groups -OCH3 is 1. The van der Waals surface area contributed by atoms with Crippen molar-refractivity contribution in [3.63, 3.8) is 0 Å². The van der Waals surface area contributed by atoms with Gasteiger partial charge in [0.25, 0.3) is 0 Å². The molecule has 2 rings (SSSR count). The zero-order chi connectivity index (χ0) is 11.1. The van der Waals surface area contributed by atoms with Gasteiger partial charge in [0.2, 0.25) is 0 Å². The second kappa shape index (κ2) is 3.53. The Labute approximate surface area is 91.6 Å². The molecule has 1 heterocycles. The van der Waals surface area contributed by atoms with Crippen molar-refractivity contribution in [2.75, 3.05) is 13.7 Å². The highest BCUT2D eigenvalue weighted by molar-refractivity contribution is 5.46. The lowest BCUT2D eigenvalue weighted by molar-refractivity contribution is 0.400. The van der Waals surface area contributed by atoms with Gasteiger partial charge in [-0.2, -0.15) is 0 Å². The van der Waals surface area contributed by atoms with Gasteiger partial charge in [0.15, 0.2) is 0 Å². The van der Waals surface area contributed by atoms with Crippen LogP contribution < -0.4 is 10.1 Å². The molecule has 0 aliphatic carbocycles. The van der Waals surface area contributed by atoms with E-state index in [9.17, 15) is 0 Å². The summed E-state index contributed by atoms with van der Waals surface area (Å²) < 4.78 is 5.38. The first kappa shape index (κ1) is 10.5. The van der Waals surface area contributed by atoms with E-state index in [4.69, 9.17) is 4.74 Å². The van der Waals surface area contributed by atoms with E-state index in [1.165, 1.54) is 16.7 Å². The lowest BCUT2D eigenvalue weighted by Crippen LogP contribution is -2.38. The van der Waals surface area contributed by atoms with Crippen molar-refractivity contribution < 1.29 is 4.74 Å². The Balaban J connectivity index is 2.56. The third-order valence-electron chi connectivity index (χ3n) is 3.23. The number of benzene rings is 1. The molecule has 0 saturated carbocycles. The molecule has 0 fully saturated rings. The summed E-state index contributed by atoms with van der Waals surface area (Å²) in [6.45, 7) is 8.65. The Morgan fingerprint density at radius 3 is 2.73 bits per heavy atom. The average Bonchev–Trinajstić information content (AvgIpc) is 2.16. The number of aryl methyl sites for hydroxylation is 1. The third kappa shape index (κ3) is 1.74. The fourth-order valence-electron chi connectivity index (χ4n) is 2.35. The second-order valence-corrected chi connectivity index (χ2v) is 4.97. The van der Waals surface area contributed by atoms with Gasteiger partial charge in [0, 0.05) is 18.5 Å². The van der Waals surface area contributed by atoms with Crippen LogP contribution in [-0.4, -0.2) is 13.7 Å². The van der Waals surface area contributed by atoms with E-state index < -0.39 is 0 Å². The molecule has 2 heteroatoms. The molecule has 0 spiro atoms. The molecule has 0 radical (unpaired) electrons. The van der Waals surface area contributed by atoms with E-state index in [2.05, 4.69) is 38.2 Å². The number of hydrogen-bond donors (Lipinski definition) is 1. The van der Waals surface area contributed by atoms with Crippen molar-refractivity contribution in [2.45, 2.75) is 32.7 Å². The Kier molecular flexibility index (Phi) is 2.47. The molecule has 1 aromatic carbocycles. The summed E-state index contributed by atoms with van der Waals surface area (Å²) >= 11 is 0. The van der Waals surface area contributed by atoms with E-state index >= 15 is 0 Å². The molecule has 82 valence electrons. The highest BCUT2D eigenvalue weighted by Gasteiger charge is 2.27. The maximum atomic E-state index is 5.38. The lowest BCUT2D eigenvalue weighted by atomic mass is 9.78. The lowest BCUT2D eigenvalue weighted by Gasteiger charge is -2.33. The summed E-state index contributed by atoms with van der Waals surface area (Å²) in [5, 5.41) is 3.46. The highest BCUT2D eigenvalue weighted by atomic mass is 16.5. The van der Waals surface area contributed by atoms with Gasteiger partial charge in [-0.25, -0.2) is 0 Å². The van der Waals surface area contributed by atoms with E-state index in [0.717, 1.165) is 18.8 Å². The molecule has 0 bridgehead atoms. The van der Waals surface area contributed by atoms with E-state index in [0.29, 0.717) is 0 Å². The molecule has 0 amide bonds. The minimum atomic E-state index is 0.203. The van der Waals surface area contributed by atoms with Gasteiger partial charge in [-0.15, -0.1) is 0 Å². The van der Waals surface area contributed by atoms with Crippen LogP contribution in [0.15, 0.2) is 12.1 Å². The maximum Gasteiger partial charge on any atom is 0.122 e. The first-order valence-electron chi connectivity index (χ1n) is 5.43. The fourth-order valence-corrected chi connectivity index (χ4v) is 2.35. The standard InChI is InChI=1S/C13H19NO/c1-9-5-10-7-14-8-13(2,3)11(10)6-12(9)15-4/h5-6,14H,7-8H2,1-4H3. The van der Waals surface area contributed by atoms with Crippen LogP contribution in [0.2, 0.25) is 0 Å². The molecule has 15 heavy (non-hydrogen) atoms. The van der Waals surface area contributed by atoms with Crippen molar-refractivity contribution in [2.24, 2.45) is 0 Å². The Morgan fingerprint density at radius 2 is 2.07 bits per heavy atom. The van der Waals surface area contributed by atoms with Crippen LogP contribution in [-0.2, 0) is 12.0 Å². The van der Waals surface area contributed by atoms with E-state index in [1.54, 1.807) is 7.11 Å². The predicted molar refractivity (Wildman–Crippen MR) is 62.5 cm³/mol. The summed E-state index contributed by atoms with van der Waals surface area (Å²) in [7, 11) is 1.74. The van der Waals surface area contributed by atoms with Gasteiger partial charge in [-0.1, -0.05) is 19.9 Å². The van der Waals surface area contributed by atoms with E-state index in [-0.39, 0.29) is 5.41 Å². The zero-order valence-electron chi connectivity index (χ0n) is 9.98. The SMILES string of the molecule is COc1cc2c(cc1C)CNCC2(C)C. The number of fused-ring (bicyclic) bond motifs is 1. The molecule has 1 N–H and O–H groups in total. The van der Waals surface area contributed by atoms with Crippen LogP contribution in [0.4, 0.5) is 0 Å². The van der Waals surface area contributed by atoms with Gasteiger partial charge >= 0.3 is 0 Å². The molecular weight excluding hydrogens is 186 g/mol. The molecule has 1 aliphatic heterocycles. The average molecular weight is 205 g/mol. The number of ether oxygens (including phenoxy) is 1. The summed E-state index contributed by atoms with van der Waals surface area (Å²) in [5.74, 6) is 1.00. The van der Waals surface area contributed by atoms with Gasteiger partial charge in [-0.05, 0) is 29.7 Å². The van der Waals surface area contributed by atoms with Crippen molar-refractivity contribution in [3.8, 4) is 5.75 Å². The summed E-state index contributed by atoms with van der Waals surface area (Å²) in [4.78, 5) is 0. The van der Waals surface area contributed by atoms with Crippen molar-refractivity contribution in [1.29, 1.82) is 0 Å². The molecule has 1 aromatic rings. The molecule has 1 aliphatic rings. The monoisotopic (exact) mass is 205 g/mol. The van der Waals surface area contributed by atoms with Crippen LogP contribution in [0.5, 0.6) is 5.75 Å². The minimum Gasteiger partial charge on any atom is -0.496 e. The van der Waals surface area contributed by atoms with E-state index in [1.807, 2.05) is 0 Å². The Morgan fingerprint density at radius 1 is 1.33 bits per heavy atom. The first-order chi connectivity index (χ1) is 7.04. The number of nitrogens with one attached hydrogen (secondary N) is 1. The van der Waals surface area contributed by atoms with Gasteiger partial charge in [0.05, 0.1) is 7.11 Å². The normalized spacial score (nSPS) is 18.4. The molecule has 2 nitrogen and oxygen atoms in total. The van der Waals surface area contributed by atoms with Crippen molar-refractivity contribution >= 4 is 0 Å². The van der Waals surface area contributed by atoms with Gasteiger partial charge in [-0.3, -0.25) is 0 Å². The summed E-state index contributed by atoms with van der Waals surface area (Å²) in [6.07, 6.45) is 0. The predicted octanol–water partition coefficient (Wildman–Crippen LogP) is 2.38. The molecule has 0 saturated heterocycles. The van der Waals surface area contributed by atoms with Crippen LogP contribution in [0.25, 0.3) is 0 Å². The minimum absolute atomic E-state index is 0.203. The fraction of sp³-hybridized carbons (Fsp3) is 0.538. The third-order valence-corrected chi connectivity index (χ3v) is 3.23. The molecule has 0 aromatic heterocycles. The molecule has 0 atom stereocenters. The van der Waals surface area contributed by atoms with Crippen LogP contribution >= 0.6 is 0 Å². The zero-order valence-corrected chi connectivity index (χ0v) is 9.98. The van der Waals surface area contributed by atoms with Crippen LogP contribution in [0, 0.1) is 6.92 Å². The number of rotatable bonds is 1. The largest absolute Gasteiger partial charge is 0.496 e. The highest BCUT2D eigenvalue weighted by Crippen LogP contribution is 2.34. The summed E-state index contributed by atoms with van der Waals surface area (Å²) in [5.41, 5.74) is 4.25. The topological polar surface area (TPSA) is 21.3 Å². The van der Waals surface area contributed by atoms with Gasteiger partial charge < -0.3 is 10.1 Å². The Hall–Kier alpha value is -1.02. The van der Waals surface area contributed by atoms with Crippen molar-refractivity contribution in [3.05, 3.63) is 28.8 Å². The van der Waals surface area contributed by atoms with Crippen LogP contribution in [0.1, 0.15) is 30.5 Å². The van der Waals surface area contributed by atoms with Crippen molar-refractivity contribution in [1.82, 2.24) is 5.32 Å². The molecular formula is C13H19NO. The maximum absolute atomic E-state index is 5.38. The Bertz CT molecular complexity index is 382. The summed E-state index contributed by atoms with van der Waals surface area (Å²) in [6, 6.07) is 4.44. The quantitative estimate of drug-likeness (QED) is 0.760. The van der Waals surface area contributed by atoms with Gasteiger partial charge in [0.1, 0.15) is 5.75 Å². The first-order valence-corrected chi connectivity index (χ1v) is 5.43. The molecule has 0 unspecified atom stereocenters. The second-order valence-electron chi connectivity index (χ2n) is 4.97.